The third-order valence-electron chi connectivity index (χ3n) is 3.22. The highest BCUT2D eigenvalue weighted by atomic mass is 79.9. The van der Waals surface area contributed by atoms with Crippen molar-refractivity contribution >= 4 is 39.1 Å². The van der Waals surface area contributed by atoms with Gasteiger partial charge in [0, 0.05) is 36.2 Å². The summed E-state index contributed by atoms with van der Waals surface area (Å²) in [5.41, 5.74) is 1.72. The maximum absolute atomic E-state index is 10.8. The minimum absolute atomic E-state index is 0. The Labute approximate surface area is 131 Å². The SMILES string of the molecule is Br.O=[N+]([O-])c1cccc(-c2csc(N3CCCC3)n2)c1. The number of benzene rings is 1. The highest BCUT2D eigenvalue weighted by Gasteiger charge is 2.16. The molecule has 1 fully saturated rings. The molecule has 3 rings (SSSR count). The first kappa shape index (κ1) is 14.9. The second-order valence-corrected chi connectivity index (χ2v) is 5.35. The quantitative estimate of drug-likeness (QED) is 0.618. The average Bonchev–Trinajstić information content (AvgIpc) is 3.09. The van der Waals surface area contributed by atoms with Crippen LogP contribution in [0.2, 0.25) is 0 Å². The standard InChI is InChI=1S/C13H13N3O2S.BrH/c17-16(18)11-5-3-4-10(8-11)12-9-19-13(14-12)15-6-1-2-7-15;/h3-5,8-9H,1-2,6-7H2;1H. The van der Waals surface area contributed by atoms with Crippen molar-refractivity contribution in [2.75, 3.05) is 18.0 Å². The smallest absolute Gasteiger partial charge is 0.270 e. The third-order valence-corrected chi connectivity index (χ3v) is 4.12. The van der Waals surface area contributed by atoms with E-state index in [2.05, 4.69) is 9.88 Å². The summed E-state index contributed by atoms with van der Waals surface area (Å²) >= 11 is 1.60. The summed E-state index contributed by atoms with van der Waals surface area (Å²) in [6, 6.07) is 6.62. The molecule has 0 unspecified atom stereocenters. The number of halogens is 1. The number of rotatable bonds is 3. The van der Waals surface area contributed by atoms with E-state index in [0.29, 0.717) is 0 Å². The second-order valence-electron chi connectivity index (χ2n) is 4.52. The topological polar surface area (TPSA) is 59.3 Å². The van der Waals surface area contributed by atoms with Crippen LogP contribution in [0.4, 0.5) is 10.8 Å². The van der Waals surface area contributed by atoms with Crippen LogP contribution in [0.1, 0.15) is 12.8 Å². The summed E-state index contributed by atoms with van der Waals surface area (Å²) < 4.78 is 0. The molecule has 1 aliphatic heterocycles. The van der Waals surface area contributed by atoms with Gasteiger partial charge < -0.3 is 4.90 Å². The molecule has 0 amide bonds. The lowest BCUT2D eigenvalue weighted by molar-refractivity contribution is -0.384. The van der Waals surface area contributed by atoms with Crippen molar-refractivity contribution in [1.82, 2.24) is 4.98 Å². The molecular weight excluding hydrogens is 342 g/mol. The molecule has 20 heavy (non-hydrogen) atoms. The zero-order valence-corrected chi connectivity index (χ0v) is 13.2. The van der Waals surface area contributed by atoms with Crippen LogP contribution in [0.25, 0.3) is 11.3 Å². The number of hydrogen-bond acceptors (Lipinski definition) is 5. The molecule has 0 atom stereocenters. The maximum Gasteiger partial charge on any atom is 0.270 e. The van der Waals surface area contributed by atoms with Crippen molar-refractivity contribution in [1.29, 1.82) is 0 Å². The van der Waals surface area contributed by atoms with Gasteiger partial charge in [-0.15, -0.1) is 28.3 Å². The summed E-state index contributed by atoms with van der Waals surface area (Å²) in [5, 5.41) is 13.8. The molecule has 0 spiro atoms. The lowest BCUT2D eigenvalue weighted by Crippen LogP contribution is -2.17. The first-order chi connectivity index (χ1) is 9.24. The van der Waals surface area contributed by atoms with Crippen molar-refractivity contribution in [3.05, 3.63) is 39.8 Å². The molecular formula is C13H14BrN3O2S. The van der Waals surface area contributed by atoms with Gasteiger partial charge in [-0.3, -0.25) is 10.1 Å². The molecule has 1 saturated heterocycles. The Morgan fingerprint density at radius 2 is 2.05 bits per heavy atom. The number of aromatic nitrogens is 1. The second kappa shape index (κ2) is 6.32. The molecule has 1 aromatic carbocycles. The van der Waals surface area contributed by atoms with Gasteiger partial charge in [-0.25, -0.2) is 4.98 Å². The summed E-state index contributed by atoms with van der Waals surface area (Å²) in [6.45, 7) is 2.11. The van der Waals surface area contributed by atoms with E-state index >= 15 is 0 Å². The Bertz CT molecular complexity index is 611. The van der Waals surface area contributed by atoms with E-state index in [4.69, 9.17) is 0 Å². The van der Waals surface area contributed by atoms with Crippen molar-refractivity contribution in [2.45, 2.75) is 12.8 Å². The molecule has 2 aromatic rings. The molecule has 5 nitrogen and oxygen atoms in total. The summed E-state index contributed by atoms with van der Waals surface area (Å²) in [6.07, 6.45) is 2.43. The highest BCUT2D eigenvalue weighted by molar-refractivity contribution is 8.93. The normalized spacial score (nSPS) is 14.1. The molecule has 7 heteroatoms. The fourth-order valence-corrected chi connectivity index (χ4v) is 3.12. The van der Waals surface area contributed by atoms with E-state index in [1.807, 2.05) is 11.4 Å². The molecule has 0 radical (unpaired) electrons. The monoisotopic (exact) mass is 355 g/mol. The molecule has 0 N–H and O–H groups in total. The predicted molar refractivity (Wildman–Crippen MR) is 86.0 cm³/mol. The molecule has 1 aliphatic rings. The first-order valence-electron chi connectivity index (χ1n) is 6.19. The lowest BCUT2D eigenvalue weighted by atomic mass is 10.1. The van der Waals surface area contributed by atoms with Crippen LogP contribution in [0.3, 0.4) is 0 Å². The van der Waals surface area contributed by atoms with Crippen LogP contribution in [-0.2, 0) is 0 Å². The molecule has 106 valence electrons. The van der Waals surface area contributed by atoms with E-state index < -0.39 is 0 Å². The number of nitrogens with zero attached hydrogens (tertiary/aromatic N) is 3. The van der Waals surface area contributed by atoms with Gasteiger partial charge in [0.25, 0.3) is 5.69 Å². The van der Waals surface area contributed by atoms with Gasteiger partial charge in [-0.1, -0.05) is 12.1 Å². The van der Waals surface area contributed by atoms with Crippen molar-refractivity contribution < 1.29 is 4.92 Å². The van der Waals surface area contributed by atoms with Crippen molar-refractivity contribution in [2.24, 2.45) is 0 Å². The van der Waals surface area contributed by atoms with Gasteiger partial charge in [0.1, 0.15) is 0 Å². The third kappa shape index (κ3) is 2.99. The van der Waals surface area contributed by atoms with Gasteiger partial charge in [0.05, 0.1) is 10.6 Å². The first-order valence-corrected chi connectivity index (χ1v) is 7.07. The Balaban J connectivity index is 0.00000147. The minimum atomic E-state index is -0.378. The van der Waals surface area contributed by atoms with E-state index in [0.717, 1.165) is 29.5 Å². The molecule has 0 aliphatic carbocycles. The van der Waals surface area contributed by atoms with E-state index in [1.165, 1.54) is 18.9 Å². The van der Waals surface area contributed by atoms with Crippen LogP contribution >= 0.6 is 28.3 Å². The zero-order chi connectivity index (χ0) is 13.2. The van der Waals surface area contributed by atoms with Crippen molar-refractivity contribution in [3.8, 4) is 11.3 Å². The van der Waals surface area contributed by atoms with E-state index in [-0.39, 0.29) is 27.6 Å². The van der Waals surface area contributed by atoms with E-state index in [9.17, 15) is 10.1 Å². The Kier molecular flexibility index (Phi) is 4.72. The Morgan fingerprint density at radius 3 is 2.75 bits per heavy atom. The summed E-state index contributed by atoms with van der Waals surface area (Å²) in [5.74, 6) is 0. The minimum Gasteiger partial charge on any atom is -0.348 e. The van der Waals surface area contributed by atoms with Gasteiger partial charge in [0.2, 0.25) is 0 Å². The number of non-ortho nitro benzene ring substituents is 1. The van der Waals surface area contributed by atoms with E-state index in [1.54, 1.807) is 23.5 Å². The largest absolute Gasteiger partial charge is 0.348 e. The number of nitro groups is 1. The van der Waals surface area contributed by atoms with Crippen LogP contribution in [0.15, 0.2) is 29.6 Å². The number of anilines is 1. The van der Waals surface area contributed by atoms with Gasteiger partial charge in [-0.05, 0) is 12.8 Å². The zero-order valence-electron chi connectivity index (χ0n) is 10.7. The molecule has 1 aromatic heterocycles. The predicted octanol–water partition coefficient (Wildman–Crippen LogP) is 3.90. The number of hydrogen-bond donors (Lipinski definition) is 0. The Hall–Kier alpha value is -1.47. The van der Waals surface area contributed by atoms with Crippen LogP contribution in [0.5, 0.6) is 0 Å². The number of nitro benzene ring substituents is 1. The van der Waals surface area contributed by atoms with Gasteiger partial charge in [-0.2, -0.15) is 0 Å². The van der Waals surface area contributed by atoms with Crippen LogP contribution in [0, 0.1) is 10.1 Å². The van der Waals surface area contributed by atoms with Gasteiger partial charge >= 0.3 is 0 Å². The summed E-state index contributed by atoms with van der Waals surface area (Å²) in [4.78, 5) is 17.3. The molecule has 0 saturated carbocycles. The fourth-order valence-electron chi connectivity index (χ4n) is 2.23. The molecule has 0 bridgehead atoms. The van der Waals surface area contributed by atoms with Crippen molar-refractivity contribution in [3.63, 3.8) is 0 Å². The van der Waals surface area contributed by atoms with Gasteiger partial charge in [0.15, 0.2) is 5.13 Å². The molecule has 2 heterocycles. The summed E-state index contributed by atoms with van der Waals surface area (Å²) in [7, 11) is 0. The Morgan fingerprint density at radius 1 is 1.30 bits per heavy atom. The lowest BCUT2D eigenvalue weighted by Gasteiger charge is -2.12. The maximum atomic E-state index is 10.8. The fraction of sp³-hybridized carbons (Fsp3) is 0.308. The highest BCUT2D eigenvalue weighted by Crippen LogP contribution is 2.30. The van der Waals surface area contributed by atoms with Crippen LogP contribution in [-0.4, -0.2) is 23.0 Å². The van der Waals surface area contributed by atoms with Crippen LogP contribution < -0.4 is 4.90 Å². The average molecular weight is 356 g/mol. The number of thiazole rings is 1.